The van der Waals surface area contributed by atoms with Gasteiger partial charge in [0.05, 0.1) is 0 Å². The number of likely N-dealkylation sites (tertiary alicyclic amines) is 1. The molecule has 0 saturated carbocycles. The number of nitrogens with zero attached hydrogens (tertiary/aromatic N) is 1. The highest BCUT2D eigenvalue weighted by atomic mass is 19.1. The predicted octanol–water partition coefficient (Wildman–Crippen LogP) is 5.31. The van der Waals surface area contributed by atoms with Crippen molar-refractivity contribution in [2.24, 2.45) is 11.8 Å². The van der Waals surface area contributed by atoms with Crippen molar-refractivity contribution >= 4 is 0 Å². The van der Waals surface area contributed by atoms with Crippen LogP contribution in [0.2, 0.25) is 0 Å². The number of nitrogens with one attached hydrogen (secondary N) is 1. The molecule has 2 nitrogen and oxygen atoms in total. The predicted molar refractivity (Wildman–Crippen MR) is 121 cm³/mol. The second kappa shape index (κ2) is 9.20. The van der Waals surface area contributed by atoms with Gasteiger partial charge in [0, 0.05) is 6.54 Å². The highest BCUT2D eigenvalue weighted by Gasteiger charge is 2.28. The smallest absolute Gasteiger partial charge is 0.123 e. The Morgan fingerprint density at radius 2 is 1.57 bits per heavy atom. The van der Waals surface area contributed by atoms with Gasteiger partial charge >= 0.3 is 0 Å². The summed E-state index contributed by atoms with van der Waals surface area (Å²) in [6, 6.07) is 14.4. The summed E-state index contributed by atoms with van der Waals surface area (Å²) in [7, 11) is 0. The van der Waals surface area contributed by atoms with Crippen LogP contribution in [0.15, 0.2) is 42.5 Å². The molecule has 2 aliphatic heterocycles. The maximum Gasteiger partial charge on any atom is 0.123 e. The number of rotatable bonds is 5. The van der Waals surface area contributed by atoms with Crippen molar-refractivity contribution in [2.45, 2.75) is 57.4 Å². The molecule has 1 aliphatic carbocycles. The Hall–Kier alpha value is -1.71. The van der Waals surface area contributed by atoms with Gasteiger partial charge in [-0.3, -0.25) is 4.90 Å². The molecular formula is C27H35FN2. The number of hydrogen-bond acceptors (Lipinski definition) is 2. The van der Waals surface area contributed by atoms with Crippen LogP contribution in [0, 0.1) is 17.7 Å². The van der Waals surface area contributed by atoms with Crippen molar-refractivity contribution < 1.29 is 4.39 Å². The molecule has 2 heterocycles. The van der Waals surface area contributed by atoms with E-state index in [0.717, 1.165) is 24.3 Å². The third kappa shape index (κ3) is 4.78. The Labute approximate surface area is 180 Å². The minimum Gasteiger partial charge on any atom is -0.317 e. The molecular weight excluding hydrogens is 371 g/mol. The number of piperidine rings is 2. The fourth-order valence-electron chi connectivity index (χ4n) is 6.00. The lowest BCUT2D eigenvalue weighted by Gasteiger charge is -2.33. The molecule has 2 aromatic carbocycles. The quantitative estimate of drug-likeness (QED) is 0.724. The first-order valence-corrected chi connectivity index (χ1v) is 12.0. The Morgan fingerprint density at radius 3 is 2.33 bits per heavy atom. The molecule has 2 saturated heterocycles. The largest absolute Gasteiger partial charge is 0.317 e. The van der Waals surface area contributed by atoms with Gasteiger partial charge in [0.25, 0.3) is 0 Å². The number of benzene rings is 2. The van der Waals surface area contributed by atoms with Gasteiger partial charge in [0.15, 0.2) is 0 Å². The normalized spacial score (nSPS) is 23.6. The van der Waals surface area contributed by atoms with Crippen molar-refractivity contribution in [3.05, 3.63) is 70.5 Å². The van der Waals surface area contributed by atoms with Crippen LogP contribution in [-0.2, 0) is 19.4 Å². The van der Waals surface area contributed by atoms with Gasteiger partial charge in [-0.25, -0.2) is 4.39 Å². The zero-order valence-corrected chi connectivity index (χ0v) is 18.1. The second-order valence-corrected chi connectivity index (χ2v) is 9.91. The summed E-state index contributed by atoms with van der Waals surface area (Å²) < 4.78 is 13.1. The van der Waals surface area contributed by atoms with E-state index in [2.05, 4.69) is 28.4 Å². The fraction of sp³-hybridized carbons (Fsp3) is 0.556. The van der Waals surface area contributed by atoms with E-state index < -0.39 is 0 Å². The lowest BCUT2D eigenvalue weighted by atomic mass is 9.85. The molecule has 0 radical (unpaired) electrons. The summed E-state index contributed by atoms with van der Waals surface area (Å²) in [6.45, 7) is 5.67. The molecule has 2 aromatic rings. The maximum atomic E-state index is 13.1. The van der Waals surface area contributed by atoms with Gasteiger partial charge in [0.2, 0.25) is 0 Å². The molecule has 2 fully saturated rings. The molecule has 1 N–H and O–H groups in total. The standard InChI is InChI=1S/C27H35FN2/c28-27-5-1-21(2-6-27)19-30-13-9-20(10-14-30)15-22-16-24-3-4-25(18-26(24)17-22)23-7-11-29-12-8-23/h1-6,18,20,22-23,29H,7-17,19H2. The molecule has 1 unspecified atom stereocenters. The van der Waals surface area contributed by atoms with Gasteiger partial charge in [-0.15, -0.1) is 0 Å². The van der Waals surface area contributed by atoms with Crippen LogP contribution < -0.4 is 5.32 Å². The Kier molecular flexibility index (Phi) is 6.19. The summed E-state index contributed by atoms with van der Waals surface area (Å²) in [4.78, 5) is 2.54. The number of halogens is 1. The van der Waals surface area contributed by atoms with Crippen molar-refractivity contribution in [3.63, 3.8) is 0 Å². The number of hydrogen-bond donors (Lipinski definition) is 1. The number of fused-ring (bicyclic) bond motifs is 1. The lowest BCUT2D eigenvalue weighted by molar-refractivity contribution is 0.161. The Bertz CT molecular complexity index is 832. The van der Waals surface area contributed by atoms with Crippen molar-refractivity contribution in [2.75, 3.05) is 26.2 Å². The van der Waals surface area contributed by atoms with E-state index in [1.165, 1.54) is 76.7 Å². The second-order valence-electron chi connectivity index (χ2n) is 9.91. The van der Waals surface area contributed by atoms with Crippen molar-refractivity contribution in [3.8, 4) is 0 Å². The van der Waals surface area contributed by atoms with E-state index in [0.29, 0.717) is 0 Å². The van der Waals surface area contributed by atoms with Crippen LogP contribution in [0.25, 0.3) is 0 Å². The van der Waals surface area contributed by atoms with E-state index >= 15 is 0 Å². The molecule has 0 amide bonds. The first-order chi connectivity index (χ1) is 14.7. The van der Waals surface area contributed by atoms with Crippen LogP contribution in [0.3, 0.4) is 0 Å². The molecule has 3 aliphatic rings. The maximum absolute atomic E-state index is 13.1. The fourth-order valence-corrected chi connectivity index (χ4v) is 6.00. The molecule has 160 valence electrons. The summed E-state index contributed by atoms with van der Waals surface area (Å²) in [5.74, 6) is 2.34. The van der Waals surface area contributed by atoms with E-state index in [9.17, 15) is 4.39 Å². The van der Waals surface area contributed by atoms with Gasteiger partial charge < -0.3 is 5.32 Å². The Balaban J connectivity index is 1.10. The van der Waals surface area contributed by atoms with Gasteiger partial charge in [-0.2, -0.15) is 0 Å². The highest BCUT2D eigenvalue weighted by Crippen LogP contribution is 2.36. The zero-order valence-electron chi connectivity index (χ0n) is 18.1. The summed E-state index contributed by atoms with van der Waals surface area (Å²) in [6.07, 6.45) is 9.18. The van der Waals surface area contributed by atoms with Crippen molar-refractivity contribution in [1.29, 1.82) is 0 Å². The average Bonchev–Trinajstić information content (AvgIpc) is 3.19. The minimum atomic E-state index is -0.141. The molecule has 0 spiro atoms. The van der Waals surface area contributed by atoms with E-state index in [1.54, 1.807) is 28.8 Å². The van der Waals surface area contributed by atoms with Crippen molar-refractivity contribution in [1.82, 2.24) is 10.2 Å². The highest BCUT2D eigenvalue weighted by molar-refractivity contribution is 5.37. The molecule has 30 heavy (non-hydrogen) atoms. The lowest BCUT2D eigenvalue weighted by Crippen LogP contribution is -2.33. The summed E-state index contributed by atoms with van der Waals surface area (Å²) in [5.41, 5.74) is 6.08. The Morgan fingerprint density at radius 1 is 0.833 bits per heavy atom. The molecule has 0 bridgehead atoms. The zero-order chi connectivity index (χ0) is 20.3. The summed E-state index contributed by atoms with van der Waals surface area (Å²) in [5, 5.41) is 3.49. The minimum absolute atomic E-state index is 0.141. The third-order valence-electron chi connectivity index (χ3n) is 7.75. The van der Waals surface area contributed by atoms with Crippen LogP contribution in [0.1, 0.15) is 60.3 Å². The molecule has 3 heteroatoms. The summed E-state index contributed by atoms with van der Waals surface area (Å²) >= 11 is 0. The van der Waals surface area contributed by atoms with E-state index in [1.807, 2.05) is 12.1 Å². The third-order valence-corrected chi connectivity index (χ3v) is 7.75. The molecule has 1 atom stereocenters. The van der Waals surface area contributed by atoms with Crippen LogP contribution in [-0.4, -0.2) is 31.1 Å². The van der Waals surface area contributed by atoms with Crippen LogP contribution >= 0.6 is 0 Å². The van der Waals surface area contributed by atoms with E-state index in [4.69, 9.17) is 0 Å². The van der Waals surface area contributed by atoms with Crippen LogP contribution in [0.4, 0.5) is 4.39 Å². The first-order valence-electron chi connectivity index (χ1n) is 12.0. The molecule has 5 rings (SSSR count). The van der Waals surface area contributed by atoms with E-state index in [-0.39, 0.29) is 5.82 Å². The van der Waals surface area contributed by atoms with Gasteiger partial charge in [-0.05, 0) is 123 Å². The average molecular weight is 407 g/mol. The SMILES string of the molecule is Fc1ccc(CN2CCC(CC3Cc4ccc(C5CCNCC5)cc4C3)CC2)cc1. The monoisotopic (exact) mass is 406 g/mol. The van der Waals surface area contributed by atoms with Gasteiger partial charge in [0.1, 0.15) is 5.82 Å². The molecule has 0 aromatic heterocycles. The van der Waals surface area contributed by atoms with Gasteiger partial charge in [-0.1, -0.05) is 30.3 Å². The van der Waals surface area contributed by atoms with Crippen LogP contribution in [0.5, 0.6) is 0 Å². The first kappa shape index (κ1) is 20.2. The topological polar surface area (TPSA) is 15.3 Å².